The maximum atomic E-state index is 13.3. The smallest absolute Gasteiger partial charge is 0.262 e. The van der Waals surface area contributed by atoms with Gasteiger partial charge in [-0.1, -0.05) is 66.2 Å². The molecule has 0 saturated carbocycles. The van der Waals surface area contributed by atoms with Crippen LogP contribution in [0.5, 0.6) is 0 Å². The van der Waals surface area contributed by atoms with Crippen LogP contribution >= 0.6 is 11.6 Å². The molecule has 4 N–H and O–H groups in total. The fourth-order valence-corrected chi connectivity index (χ4v) is 8.25. The molecule has 0 bridgehead atoms. The van der Waals surface area contributed by atoms with Crippen molar-refractivity contribution in [2.75, 3.05) is 13.1 Å². The van der Waals surface area contributed by atoms with Crippen molar-refractivity contribution in [2.24, 2.45) is 0 Å². The van der Waals surface area contributed by atoms with Crippen molar-refractivity contribution in [3.8, 4) is 33.4 Å². The predicted octanol–water partition coefficient (Wildman–Crippen LogP) is 5.36. The lowest BCUT2D eigenvalue weighted by Gasteiger charge is -2.16. The summed E-state index contributed by atoms with van der Waals surface area (Å²) in [5, 5.41) is 13.5. The zero-order valence-corrected chi connectivity index (χ0v) is 29.4. The molecule has 3 atom stereocenters. The molecular formula is C41H41ClN6O3. The van der Waals surface area contributed by atoms with Gasteiger partial charge in [-0.15, -0.1) is 0 Å². The lowest BCUT2D eigenvalue weighted by molar-refractivity contribution is -0.123. The van der Waals surface area contributed by atoms with Crippen molar-refractivity contribution in [3.63, 3.8) is 0 Å². The molecule has 9 nitrogen and oxygen atoms in total. The van der Waals surface area contributed by atoms with Crippen LogP contribution in [0.25, 0.3) is 39.0 Å². The Hall–Kier alpha value is -4.83. The Kier molecular flexibility index (Phi) is 9.19. The molecule has 4 heterocycles. The second-order valence-corrected chi connectivity index (χ2v) is 14.4. The number of carbonyl (C=O) groups is 2. The van der Waals surface area contributed by atoms with Gasteiger partial charge in [0.15, 0.2) is 0 Å². The van der Waals surface area contributed by atoms with Crippen molar-refractivity contribution < 1.29 is 9.59 Å². The molecule has 2 saturated heterocycles. The molecule has 0 spiro atoms. The Labute approximate surface area is 301 Å². The summed E-state index contributed by atoms with van der Waals surface area (Å²) in [4.78, 5) is 42.1. The van der Waals surface area contributed by atoms with Crippen LogP contribution in [0.4, 0.5) is 0 Å². The second kappa shape index (κ2) is 14.1. The summed E-state index contributed by atoms with van der Waals surface area (Å²) in [6, 6.07) is 23.0. The highest BCUT2D eigenvalue weighted by Gasteiger charge is 2.28. The number of carbonyl (C=O) groups excluding carboxylic acids is 2. The summed E-state index contributed by atoms with van der Waals surface area (Å²) < 4.78 is 1.58. The number of hydrogen-bond donors (Lipinski definition) is 4. The van der Waals surface area contributed by atoms with E-state index in [4.69, 9.17) is 11.6 Å². The maximum Gasteiger partial charge on any atom is 0.262 e. The fraction of sp³-hybridized carbons (Fsp3) is 0.317. The molecule has 2 fully saturated rings. The first kappa shape index (κ1) is 33.3. The van der Waals surface area contributed by atoms with Gasteiger partial charge in [-0.05, 0) is 96.6 Å². The van der Waals surface area contributed by atoms with Crippen molar-refractivity contribution in [1.82, 2.24) is 30.7 Å². The van der Waals surface area contributed by atoms with Gasteiger partial charge in [-0.25, -0.2) is 4.98 Å². The van der Waals surface area contributed by atoms with Crippen molar-refractivity contribution >= 4 is 29.1 Å². The van der Waals surface area contributed by atoms with Gasteiger partial charge >= 0.3 is 0 Å². The van der Waals surface area contributed by atoms with Crippen molar-refractivity contribution in [1.29, 1.82) is 0 Å². The fourth-order valence-electron chi connectivity index (χ4n) is 7.91. The highest BCUT2D eigenvalue weighted by Crippen LogP contribution is 2.41. The lowest BCUT2D eigenvalue weighted by atomic mass is 9.91. The number of hydrogen-bond acceptors (Lipinski definition) is 6. The molecule has 10 heteroatoms. The van der Waals surface area contributed by atoms with Crippen molar-refractivity contribution in [3.05, 3.63) is 117 Å². The molecule has 0 unspecified atom stereocenters. The highest BCUT2D eigenvalue weighted by molar-refractivity contribution is 6.36. The van der Waals surface area contributed by atoms with Crippen LogP contribution in [0.3, 0.4) is 0 Å². The van der Waals surface area contributed by atoms with E-state index in [-0.39, 0.29) is 35.5 Å². The molecule has 1 aliphatic carbocycles. The van der Waals surface area contributed by atoms with E-state index in [0.717, 1.165) is 77.6 Å². The molecule has 2 amide bonds. The van der Waals surface area contributed by atoms with Gasteiger partial charge in [0.2, 0.25) is 11.8 Å². The maximum absolute atomic E-state index is 13.3. The molecule has 3 aromatic carbocycles. The Morgan fingerprint density at radius 2 is 1.73 bits per heavy atom. The topological polar surface area (TPSA) is 117 Å². The number of nitrogens with one attached hydrogen (secondary N) is 4. The molecular weight excluding hydrogens is 660 g/mol. The zero-order chi connectivity index (χ0) is 35.1. The first-order valence-corrected chi connectivity index (χ1v) is 18.3. The average Bonchev–Trinajstić information content (AvgIpc) is 3.91. The first-order chi connectivity index (χ1) is 24.8. The summed E-state index contributed by atoms with van der Waals surface area (Å²) in [7, 11) is 0. The van der Waals surface area contributed by atoms with Gasteiger partial charge in [-0.3, -0.25) is 18.8 Å². The molecule has 51 heavy (non-hydrogen) atoms. The number of nitrogens with zero attached hydrogens (tertiary/aromatic N) is 2. The van der Waals surface area contributed by atoms with E-state index in [1.165, 1.54) is 11.1 Å². The van der Waals surface area contributed by atoms with Crippen LogP contribution in [0.2, 0.25) is 5.02 Å². The number of amides is 2. The van der Waals surface area contributed by atoms with Gasteiger partial charge in [0, 0.05) is 60.7 Å². The summed E-state index contributed by atoms with van der Waals surface area (Å²) in [6.45, 7) is 4.00. The quantitative estimate of drug-likeness (QED) is 0.165. The van der Waals surface area contributed by atoms with Crippen LogP contribution in [0.15, 0.2) is 83.9 Å². The van der Waals surface area contributed by atoms with Crippen LogP contribution in [0.1, 0.15) is 47.9 Å². The predicted molar refractivity (Wildman–Crippen MR) is 201 cm³/mol. The van der Waals surface area contributed by atoms with Crippen LogP contribution in [-0.4, -0.2) is 52.4 Å². The SMILES string of the molecule is Cc1c(-c2ccn3c(=O)c(CNC[C@H]4CCC(=O)N4)cnc3c2)cccc1-c1cccc(-c2ccc3c(c2)C[C@H](NC(=O)[C@@H]2CCCN2)C3)c1Cl. The van der Waals surface area contributed by atoms with E-state index < -0.39 is 0 Å². The molecule has 260 valence electrons. The van der Waals surface area contributed by atoms with E-state index in [1.54, 1.807) is 16.8 Å². The third kappa shape index (κ3) is 6.69. The standard InChI is InChI=1S/C41H41ClN6O3/c1-24-32(27-14-16-48-37(20-27)45-22-29(41(48)51)21-43-23-30-12-13-38(49)46-30)5-2-6-33(24)35-8-3-7-34(39(35)42)26-11-10-25-18-31(19-28(25)17-26)47-40(50)36-9-4-15-44-36/h2-3,5-8,10-11,14,16-17,20,22,30-31,36,43-44H,4,9,12-13,15,18-19,21,23H2,1H3,(H,46,49)(H,47,50)/t30-,31-,36+/m1/s1. The molecule has 2 aliphatic heterocycles. The summed E-state index contributed by atoms with van der Waals surface area (Å²) in [5.41, 5.74) is 10.6. The molecule has 5 aromatic rings. The Bertz CT molecular complexity index is 2230. The minimum atomic E-state index is -0.114. The number of pyridine rings is 1. The van der Waals surface area contributed by atoms with E-state index in [2.05, 4.69) is 81.7 Å². The largest absolute Gasteiger partial charge is 0.352 e. The van der Waals surface area contributed by atoms with Crippen molar-refractivity contribution in [2.45, 2.75) is 70.1 Å². The van der Waals surface area contributed by atoms with E-state index in [1.807, 2.05) is 18.2 Å². The third-order valence-corrected chi connectivity index (χ3v) is 11.1. The second-order valence-electron chi connectivity index (χ2n) is 14.1. The summed E-state index contributed by atoms with van der Waals surface area (Å²) >= 11 is 7.22. The molecule has 0 radical (unpaired) electrons. The third-order valence-electron chi connectivity index (χ3n) is 10.7. The lowest BCUT2D eigenvalue weighted by Crippen LogP contribution is -2.45. The van der Waals surface area contributed by atoms with Gasteiger partial charge in [0.25, 0.3) is 5.56 Å². The summed E-state index contributed by atoms with van der Waals surface area (Å²) in [5.74, 6) is 0.186. The number of fused-ring (bicyclic) bond motifs is 2. The number of aromatic nitrogens is 2. The number of benzene rings is 3. The summed E-state index contributed by atoms with van der Waals surface area (Å²) in [6.07, 6.45) is 8.38. The van der Waals surface area contributed by atoms with Gasteiger partial charge in [-0.2, -0.15) is 0 Å². The Balaban J connectivity index is 1.01. The monoisotopic (exact) mass is 700 g/mol. The van der Waals surface area contributed by atoms with Gasteiger partial charge in [0.05, 0.1) is 11.1 Å². The molecule has 3 aliphatic rings. The van der Waals surface area contributed by atoms with E-state index in [9.17, 15) is 14.4 Å². The number of rotatable bonds is 9. The Morgan fingerprint density at radius 3 is 2.53 bits per heavy atom. The normalized spacial score (nSPS) is 19.7. The van der Waals surface area contributed by atoms with Crippen LogP contribution < -0.4 is 26.8 Å². The van der Waals surface area contributed by atoms with E-state index in [0.29, 0.717) is 35.7 Å². The van der Waals surface area contributed by atoms with Crippen LogP contribution in [0, 0.1) is 6.92 Å². The number of halogens is 1. The molecule has 2 aromatic heterocycles. The minimum Gasteiger partial charge on any atom is -0.352 e. The van der Waals surface area contributed by atoms with Gasteiger partial charge < -0.3 is 21.3 Å². The van der Waals surface area contributed by atoms with Gasteiger partial charge in [0.1, 0.15) is 5.65 Å². The van der Waals surface area contributed by atoms with E-state index >= 15 is 0 Å². The molecule has 8 rings (SSSR count). The zero-order valence-electron chi connectivity index (χ0n) is 28.6. The first-order valence-electron chi connectivity index (χ1n) is 17.9. The average molecular weight is 701 g/mol. The minimum absolute atomic E-state index is 0.0729. The Morgan fingerprint density at radius 1 is 0.941 bits per heavy atom. The highest BCUT2D eigenvalue weighted by atomic mass is 35.5. The van der Waals surface area contributed by atoms with Crippen LogP contribution in [-0.2, 0) is 29.0 Å².